The van der Waals surface area contributed by atoms with Gasteiger partial charge in [0.15, 0.2) is 0 Å². The summed E-state index contributed by atoms with van der Waals surface area (Å²) in [5, 5.41) is 3.46. The second-order valence-electron chi connectivity index (χ2n) is 7.04. The molecule has 0 bridgehead atoms. The van der Waals surface area contributed by atoms with E-state index in [0.717, 1.165) is 32.0 Å². The third kappa shape index (κ3) is 5.93. The van der Waals surface area contributed by atoms with E-state index >= 15 is 0 Å². The SMILES string of the molecule is O=C(NCCN1CCC(CCc2ccccc2)CC1)c1c(Cl)cncc1Cl. The molecule has 2 aromatic rings. The molecule has 0 radical (unpaired) electrons. The van der Waals surface area contributed by atoms with Gasteiger partial charge in [-0.1, -0.05) is 53.5 Å². The van der Waals surface area contributed by atoms with Gasteiger partial charge in [-0.05, 0) is 50.3 Å². The van der Waals surface area contributed by atoms with E-state index in [1.165, 1.54) is 37.2 Å². The van der Waals surface area contributed by atoms with Crippen LogP contribution in [0.15, 0.2) is 42.7 Å². The lowest BCUT2D eigenvalue weighted by atomic mass is 9.90. The zero-order valence-electron chi connectivity index (χ0n) is 15.3. The van der Waals surface area contributed by atoms with E-state index in [-0.39, 0.29) is 16.0 Å². The highest BCUT2D eigenvalue weighted by Gasteiger charge is 2.19. The number of carbonyl (C=O) groups excluding carboxylic acids is 1. The molecule has 2 heterocycles. The Morgan fingerprint density at radius 3 is 2.44 bits per heavy atom. The Balaban J connectivity index is 1.35. The Labute approximate surface area is 170 Å². The van der Waals surface area contributed by atoms with Gasteiger partial charge in [0, 0.05) is 25.5 Å². The lowest BCUT2D eigenvalue weighted by Crippen LogP contribution is -2.39. The molecule has 144 valence electrons. The van der Waals surface area contributed by atoms with Crippen molar-refractivity contribution < 1.29 is 4.79 Å². The van der Waals surface area contributed by atoms with Crippen molar-refractivity contribution in [3.63, 3.8) is 0 Å². The standard InChI is InChI=1S/C21H25Cl2N3O/c22-18-14-24-15-19(23)20(18)21(27)25-10-13-26-11-8-17(9-12-26)7-6-16-4-2-1-3-5-16/h1-5,14-15,17H,6-13H2,(H,25,27). The van der Waals surface area contributed by atoms with Crippen LogP contribution >= 0.6 is 23.2 Å². The van der Waals surface area contributed by atoms with Crippen LogP contribution in [0.3, 0.4) is 0 Å². The molecule has 1 amide bonds. The summed E-state index contributed by atoms with van der Waals surface area (Å²) in [5.74, 6) is 0.552. The molecule has 0 saturated carbocycles. The number of halogens is 2. The van der Waals surface area contributed by atoms with Gasteiger partial charge < -0.3 is 10.2 Å². The van der Waals surface area contributed by atoms with E-state index < -0.39 is 0 Å². The van der Waals surface area contributed by atoms with Crippen LogP contribution in [-0.2, 0) is 6.42 Å². The molecular formula is C21H25Cl2N3O. The number of pyridine rings is 1. The summed E-state index contributed by atoms with van der Waals surface area (Å²) in [5.41, 5.74) is 1.73. The Morgan fingerprint density at radius 2 is 1.78 bits per heavy atom. The summed E-state index contributed by atoms with van der Waals surface area (Å²) in [6.45, 7) is 3.61. The second-order valence-corrected chi connectivity index (χ2v) is 7.86. The molecule has 1 aliphatic heterocycles. The van der Waals surface area contributed by atoms with Gasteiger partial charge in [0.2, 0.25) is 0 Å². The average molecular weight is 406 g/mol. The fraction of sp³-hybridized carbons (Fsp3) is 0.429. The minimum absolute atomic E-state index is 0.245. The Hall–Kier alpha value is -1.62. The van der Waals surface area contributed by atoms with Crippen LogP contribution in [0.4, 0.5) is 0 Å². The first kappa shape index (κ1) is 20.1. The fourth-order valence-electron chi connectivity index (χ4n) is 3.56. The molecule has 0 aliphatic carbocycles. The van der Waals surface area contributed by atoms with E-state index in [1.54, 1.807) is 0 Å². The summed E-state index contributed by atoms with van der Waals surface area (Å²) >= 11 is 12.0. The van der Waals surface area contributed by atoms with E-state index in [9.17, 15) is 4.79 Å². The molecule has 1 fully saturated rings. The quantitative estimate of drug-likeness (QED) is 0.738. The molecule has 0 unspecified atom stereocenters. The van der Waals surface area contributed by atoms with Crippen LogP contribution < -0.4 is 5.32 Å². The van der Waals surface area contributed by atoms with Gasteiger partial charge in [-0.25, -0.2) is 0 Å². The first-order valence-electron chi connectivity index (χ1n) is 9.47. The number of likely N-dealkylation sites (tertiary alicyclic amines) is 1. The predicted molar refractivity (Wildman–Crippen MR) is 111 cm³/mol. The Morgan fingerprint density at radius 1 is 1.11 bits per heavy atom. The van der Waals surface area contributed by atoms with Gasteiger partial charge in [-0.3, -0.25) is 9.78 Å². The van der Waals surface area contributed by atoms with E-state index in [4.69, 9.17) is 23.2 Å². The highest BCUT2D eigenvalue weighted by molar-refractivity contribution is 6.39. The van der Waals surface area contributed by atoms with Gasteiger partial charge >= 0.3 is 0 Å². The molecule has 6 heteroatoms. The summed E-state index contributed by atoms with van der Waals surface area (Å²) in [7, 11) is 0. The van der Waals surface area contributed by atoms with Crippen molar-refractivity contribution in [2.24, 2.45) is 5.92 Å². The van der Waals surface area contributed by atoms with Crippen molar-refractivity contribution in [2.45, 2.75) is 25.7 Å². The van der Waals surface area contributed by atoms with Gasteiger partial charge in [0.1, 0.15) is 0 Å². The molecule has 1 aromatic carbocycles. The molecular weight excluding hydrogens is 381 g/mol. The number of nitrogens with zero attached hydrogens (tertiary/aromatic N) is 2. The minimum atomic E-state index is -0.245. The molecule has 1 aliphatic rings. The molecule has 3 rings (SSSR count). The normalized spacial score (nSPS) is 15.6. The number of aryl methyl sites for hydroxylation is 1. The van der Waals surface area contributed by atoms with Crippen LogP contribution in [0.1, 0.15) is 35.2 Å². The maximum atomic E-state index is 12.3. The third-order valence-corrected chi connectivity index (χ3v) is 5.76. The van der Waals surface area contributed by atoms with Crippen molar-refractivity contribution in [3.05, 3.63) is 63.9 Å². The lowest BCUT2D eigenvalue weighted by molar-refractivity contribution is 0.0944. The minimum Gasteiger partial charge on any atom is -0.351 e. The topological polar surface area (TPSA) is 45.2 Å². The summed E-state index contributed by atoms with van der Waals surface area (Å²) in [6, 6.07) is 10.7. The highest BCUT2D eigenvalue weighted by Crippen LogP contribution is 2.23. The molecule has 27 heavy (non-hydrogen) atoms. The third-order valence-electron chi connectivity index (χ3n) is 5.19. The monoisotopic (exact) mass is 405 g/mol. The van der Waals surface area contributed by atoms with Crippen molar-refractivity contribution in [1.82, 2.24) is 15.2 Å². The molecule has 1 N–H and O–H groups in total. The molecule has 1 saturated heterocycles. The number of carbonyl (C=O) groups is 1. The number of nitrogens with one attached hydrogen (secondary N) is 1. The van der Waals surface area contributed by atoms with Crippen LogP contribution in [0, 0.1) is 5.92 Å². The number of hydrogen-bond acceptors (Lipinski definition) is 3. The van der Waals surface area contributed by atoms with Crippen LogP contribution in [0.5, 0.6) is 0 Å². The van der Waals surface area contributed by atoms with Crippen LogP contribution in [-0.4, -0.2) is 42.0 Å². The number of amides is 1. The second kappa shape index (κ2) is 10.1. The zero-order valence-corrected chi connectivity index (χ0v) is 16.8. The predicted octanol–water partition coefficient (Wildman–Crippen LogP) is 4.46. The first-order chi connectivity index (χ1) is 13.1. The zero-order chi connectivity index (χ0) is 19.1. The molecule has 0 spiro atoms. The number of hydrogen-bond donors (Lipinski definition) is 1. The maximum absolute atomic E-state index is 12.3. The Bertz CT molecular complexity index is 726. The molecule has 1 aromatic heterocycles. The smallest absolute Gasteiger partial charge is 0.254 e. The van der Waals surface area contributed by atoms with Crippen LogP contribution in [0.25, 0.3) is 0 Å². The van der Waals surface area contributed by atoms with Crippen molar-refractivity contribution >= 4 is 29.1 Å². The average Bonchev–Trinajstić information content (AvgIpc) is 2.68. The van der Waals surface area contributed by atoms with Crippen molar-refractivity contribution in [1.29, 1.82) is 0 Å². The summed E-state index contributed by atoms with van der Waals surface area (Å²) in [4.78, 5) is 18.6. The number of aromatic nitrogens is 1. The number of piperidine rings is 1. The van der Waals surface area contributed by atoms with Gasteiger partial charge in [-0.15, -0.1) is 0 Å². The van der Waals surface area contributed by atoms with Crippen LogP contribution in [0.2, 0.25) is 10.0 Å². The largest absolute Gasteiger partial charge is 0.351 e. The van der Waals surface area contributed by atoms with Gasteiger partial charge in [-0.2, -0.15) is 0 Å². The maximum Gasteiger partial charge on any atom is 0.254 e. The van der Waals surface area contributed by atoms with Gasteiger partial charge in [0.25, 0.3) is 5.91 Å². The molecule has 4 nitrogen and oxygen atoms in total. The fourth-order valence-corrected chi connectivity index (χ4v) is 4.09. The lowest BCUT2D eigenvalue weighted by Gasteiger charge is -2.32. The van der Waals surface area contributed by atoms with Gasteiger partial charge in [0.05, 0.1) is 15.6 Å². The number of benzene rings is 1. The van der Waals surface area contributed by atoms with E-state index in [2.05, 4.69) is 45.5 Å². The van der Waals surface area contributed by atoms with E-state index in [0.29, 0.717) is 12.1 Å². The highest BCUT2D eigenvalue weighted by atomic mass is 35.5. The Kier molecular flexibility index (Phi) is 7.50. The van der Waals surface area contributed by atoms with Crippen molar-refractivity contribution in [3.8, 4) is 0 Å². The van der Waals surface area contributed by atoms with Crippen molar-refractivity contribution in [2.75, 3.05) is 26.2 Å². The molecule has 0 atom stereocenters. The number of rotatable bonds is 7. The summed E-state index contributed by atoms with van der Waals surface area (Å²) < 4.78 is 0. The first-order valence-corrected chi connectivity index (χ1v) is 10.2. The summed E-state index contributed by atoms with van der Waals surface area (Å²) in [6.07, 6.45) is 7.74. The van der Waals surface area contributed by atoms with E-state index in [1.807, 2.05) is 0 Å².